The molecule has 178 valence electrons. The lowest BCUT2D eigenvalue weighted by molar-refractivity contribution is -0.141. The molecule has 0 saturated carbocycles. The molecule has 2 rings (SSSR count). The number of rotatable bonds is 13. The summed E-state index contributed by atoms with van der Waals surface area (Å²) in [4.78, 5) is 12.0. The molecule has 0 radical (unpaired) electrons. The van der Waals surface area contributed by atoms with E-state index in [0.717, 1.165) is 18.6 Å². The summed E-state index contributed by atoms with van der Waals surface area (Å²) < 4.78 is 17.4. The largest absolute Gasteiger partial charge is 0.465 e. The van der Waals surface area contributed by atoms with Crippen LogP contribution in [0.25, 0.3) is 0 Å². The van der Waals surface area contributed by atoms with Crippen molar-refractivity contribution in [1.29, 1.82) is 0 Å². The Morgan fingerprint density at radius 3 is 2.25 bits per heavy atom. The number of esters is 1. The highest BCUT2D eigenvalue weighted by Gasteiger charge is 2.19. The summed E-state index contributed by atoms with van der Waals surface area (Å²) in [5, 5.41) is 0. The zero-order valence-corrected chi connectivity index (χ0v) is 20.8. The van der Waals surface area contributed by atoms with E-state index in [2.05, 4.69) is 53.7 Å². The van der Waals surface area contributed by atoms with E-state index in [1.54, 1.807) is 0 Å². The maximum Gasteiger partial charge on any atom is 0.311 e. The number of hydrogen-bond acceptors (Lipinski definition) is 4. The van der Waals surface area contributed by atoms with Crippen LogP contribution in [0, 0.1) is 17.8 Å². The van der Waals surface area contributed by atoms with Crippen LogP contribution in [-0.4, -0.2) is 18.9 Å². The molecular formula is C28H42O4. The third-order valence-electron chi connectivity index (χ3n) is 5.63. The zero-order chi connectivity index (χ0) is 23.5. The average molecular weight is 443 g/mol. The summed E-state index contributed by atoms with van der Waals surface area (Å²) in [6.07, 6.45) is 9.53. The van der Waals surface area contributed by atoms with Gasteiger partial charge in [-0.15, -0.1) is 0 Å². The molecule has 0 aliphatic heterocycles. The fourth-order valence-electron chi connectivity index (χ4n) is 3.85. The molecule has 2 unspecified atom stereocenters. The summed E-state index contributed by atoms with van der Waals surface area (Å²) in [7, 11) is 0. The molecule has 0 bridgehead atoms. The molecular weight excluding hydrogens is 400 g/mol. The maximum absolute atomic E-state index is 12.0. The molecule has 0 N–H and O–H groups in total. The second kappa shape index (κ2) is 13.5. The molecule has 4 heteroatoms. The first-order valence-electron chi connectivity index (χ1n) is 12.2. The van der Waals surface area contributed by atoms with E-state index in [1.807, 2.05) is 30.4 Å². The van der Waals surface area contributed by atoms with Crippen LogP contribution in [0.5, 0.6) is 5.75 Å². The lowest BCUT2D eigenvalue weighted by Crippen LogP contribution is -2.27. The number of allylic oxidation sites excluding steroid dienone is 3. The van der Waals surface area contributed by atoms with Crippen molar-refractivity contribution >= 4 is 5.97 Å². The Morgan fingerprint density at radius 1 is 0.969 bits per heavy atom. The van der Waals surface area contributed by atoms with Gasteiger partial charge in [0.2, 0.25) is 6.29 Å². The lowest BCUT2D eigenvalue weighted by atomic mass is 9.82. The van der Waals surface area contributed by atoms with E-state index in [9.17, 15) is 4.79 Å². The SMILES string of the molecule is CC(C)CC(c1ccc(OC(OCCCC(=O)OC2=CCCC=C2)C(C)C)cc1)C(C)C. The molecule has 32 heavy (non-hydrogen) atoms. The van der Waals surface area contributed by atoms with E-state index in [4.69, 9.17) is 14.2 Å². The Morgan fingerprint density at radius 2 is 1.69 bits per heavy atom. The topological polar surface area (TPSA) is 44.8 Å². The quantitative estimate of drug-likeness (QED) is 0.181. The van der Waals surface area contributed by atoms with Gasteiger partial charge in [0.05, 0.1) is 6.61 Å². The Labute approximate surface area is 195 Å². The summed E-state index contributed by atoms with van der Waals surface area (Å²) in [5.41, 5.74) is 1.37. The fraction of sp³-hybridized carbons (Fsp3) is 0.607. The van der Waals surface area contributed by atoms with E-state index < -0.39 is 0 Å². The Balaban J connectivity index is 1.81. The first kappa shape index (κ1) is 26.2. The standard InChI is InChI=1S/C28H42O4/c1-20(2)19-26(21(3)4)23-14-16-25(17-15-23)32-28(22(5)6)30-18-10-13-27(29)31-24-11-8-7-9-12-24/h8,11-12,14-17,20-22,26,28H,7,9-10,13,18-19H2,1-6H3. The van der Waals surface area contributed by atoms with Crippen molar-refractivity contribution in [3.05, 3.63) is 53.8 Å². The van der Waals surface area contributed by atoms with Gasteiger partial charge in [0.15, 0.2) is 0 Å². The molecule has 1 aliphatic rings. The van der Waals surface area contributed by atoms with Gasteiger partial charge in [-0.3, -0.25) is 4.79 Å². The van der Waals surface area contributed by atoms with Gasteiger partial charge < -0.3 is 14.2 Å². The van der Waals surface area contributed by atoms with Crippen molar-refractivity contribution < 1.29 is 19.0 Å². The van der Waals surface area contributed by atoms with Crippen LogP contribution < -0.4 is 4.74 Å². The van der Waals surface area contributed by atoms with Crippen LogP contribution in [0.1, 0.15) is 85.1 Å². The molecule has 0 aromatic heterocycles. The van der Waals surface area contributed by atoms with E-state index in [1.165, 1.54) is 12.0 Å². The molecule has 1 aromatic rings. The second-order valence-electron chi connectivity index (χ2n) is 9.81. The minimum atomic E-state index is -0.350. The fourth-order valence-corrected chi connectivity index (χ4v) is 3.85. The smallest absolute Gasteiger partial charge is 0.311 e. The summed E-state index contributed by atoms with van der Waals surface area (Å²) >= 11 is 0. The molecule has 2 atom stereocenters. The molecule has 0 fully saturated rings. The molecule has 1 aliphatic carbocycles. The molecule has 1 aromatic carbocycles. The minimum absolute atomic E-state index is 0.198. The van der Waals surface area contributed by atoms with E-state index in [0.29, 0.717) is 43.0 Å². The van der Waals surface area contributed by atoms with Crippen molar-refractivity contribution in [2.24, 2.45) is 17.8 Å². The second-order valence-corrected chi connectivity index (χ2v) is 9.81. The Bertz CT molecular complexity index is 743. The van der Waals surface area contributed by atoms with Gasteiger partial charge in [0, 0.05) is 12.3 Å². The van der Waals surface area contributed by atoms with Gasteiger partial charge in [-0.25, -0.2) is 0 Å². The van der Waals surface area contributed by atoms with E-state index >= 15 is 0 Å². The van der Waals surface area contributed by atoms with Gasteiger partial charge in [-0.05, 0) is 73.3 Å². The number of benzene rings is 1. The van der Waals surface area contributed by atoms with Gasteiger partial charge >= 0.3 is 5.97 Å². The van der Waals surface area contributed by atoms with Crippen LogP contribution >= 0.6 is 0 Å². The van der Waals surface area contributed by atoms with Crippen molar-refractivity contribution in [2.75, 3.05) is 6.61 Å². The van der Waals surface area contributed by atoms with E-state index in [-0.39, 0.29) is 18.2 Å². The number of carbonyl (C=O) groups is 1. The number of hydrogen-bond donors (Lipinski definition) is 0. The van der Waals surface area contributed by atoms with Crippen molar-refractivity contribution in [2.45, 2.75) is 85.9 Å². The van der Waals surface area contributed by atoms with Crippen LogP contribution in [0.3, 0.4) is 0 Å². The molecule has 4 nitrogen and oxygen atoms in total. The normalized spacial score (nSPS) is 15.7. The zero-order valence-electron chi connectivity index (χ0n) is 20.8. The van der Waals surface area contributed by atoms with Gasteiger partial charge in [0.25, 0.3) is 0 Å². The summed E-state index contributed by atoms with van der Waals surface area (Å²) in [5.74, 6) is 3.28. The Kier molecular flexibility index (Phi) is 11.0. The average Bonchev–Trinajstić information content (AvgIpc) is 2.75. The predicted molar refractivity (Wildman–Crippen MR) is 130 cm³/mol. The molecule has 0 amide bonds. The van der Waals surface area contributed by atoms with Gasteiger partial charge in [0.1, 0.15) is 11.5 Å². The van der Waals surface area contributed by atoms with Gasteiger partial charge in [-0.2, -0.15) is 0 Å². The highest BCUT2D eigenvalue weighted by Crippen LogP contribution is 2.32. The minimum Gasteiger partial charge on any atom is -0.465 e. The lowest BCUT2D eigenvalue weighted by Gasteiger charge is -2.25. The van der Waals surface area contributed by atoms with Gasteiger partial charge in [-0.1, -0.05) is 59.8 Å². The number of ether oxygens (including phenoxy) is 3. The maximum atomic E-state index is 12.0. The molecule has 0 saturated heterocycles. The first-order chi connectivity index (χ1) is 15.3. The van der Waals surface area contributed by atoms with Crippen LogP contribution in [0.15, 0.2) is 48.3 Å². The Hall–Kier alpha value is -2.07. The third-order valence-corrected chi connectivity index (χ3v) is 5.63. The van der Waals surface area contributed by atoms with Crippen molar-refractivity contribution in [1.82, 2.24) is 0 Å². The molecule has 0 heterocycles. The first-order valence-corrected chi connectivity index (χ1v) is 12.2. The van der Waals surface area contributed by atoms with Crippen LogP contribution in [0.4, 0.5) is 0 Å². The molecule has 0 spiro atoms. The highest BCUT2D eigenvalue weighted by molar-refractivity contribution is 5.71. The highest BCUT2D eigenvalue weighted by atomic mass is 16.7. The van der Waals surface area contributed by atoms with Crippen molar-refractivity contribution in [3.8, 4) is 5.75 Å². The number of carbonyl (C=O) groups excluding carboxylic acids is 1. The monoisotopic (exact) mass is 442 g/mol. The van der Waals surface area contributed by atoms with Crippen LogP contribution in [-0.2, 0) is 14.3 Å². The van der Waals surface area contributed by atoms with Crippen LogP contribution in [0.2, 0.25) is 0 Å². The summed E-state index contributed by atoms with van der Waals surface area (Å²) in [6, 6.07) is 8.47. The predicted octanol–water partition coefficient (Wildman–Crippen LogP) is 7.41. The summed E-state index contributed by atoms with van der Waals surface area (Å²) in [6.45, 7) is 13.7. The van der Waals surface area contributed by atoms with Crippen molar-refractivity contribution in [3.63, 3.8) is 0 Å². The third kappa shape index (κ3) is 9.20.